The van der Waals surface area contributed by atoms with E-state index in [2.05, 4.69) is 124 Å². The van der Waals surface area contributed by atoms with Crippen LogP contribution in [0.1, 0.15) is 40.1 Å². The van der Waals surface area contributed by atoms with Gasteiger partial charge in [-0.25, -0.2) is 0 Å². The molecule has 2 heterocycles. The zero-order valence-electron chi connectivity index (χ0n) is 27.1. The van der Waals surface area contributed by atoms with Gasteiger partial charge in [0, 0.05) is 44.5 Å². The van der Waals surface area contributed by atoms with Crippen LogP contribution in [0.3, 0.4) is 0 Å². The van der Waals surface area contributed by atoms with E-state index in [4.69, 9.17) is 0 Å². The molecular weight excluding hydrogens is 611 g/mol. The average Bonchev–Trinajstić information content (AvgIpc) is 3.70. The van der Waals surface area contributed by atoms with E-state index in [1.165, 1.54) is 22.2 Å². The maximum atomic E-state index is 10.5. The van der Waals surface area contributed by atoms with E-state index in [9.17, 15) is 15.8 Å². The Morgan fingerprint density at radius 1 is 0.680 bits per heavy atom. The molecule has 9 rings (SSSR count). The molecule has 50 heavy (non-hydrogen) atoms. The minimum absolute atomic E-state index is 0.154. The number of aromatic nitrogens is 2. The molecule has 5 aromatic carbocycles. The molecule has 2 aliphatic rings. The van der Waals surface area contributed by atoms with Gasteiger partial charge in [-0.2, -0.15) is 15.8 Å². The lowest BCUT2D eigenvalue weighted by Gasteiger charge is -2.20. The lowest BCUT2D eigenvalue weighted by Crippen LogP contribution is -2.07. The average molecular weight is 640 g/mol. The first-order valence-electron chi connectivity index (χ1n) is 16.9. The molecule has 0 aliphatic heterocycles. The number of para-hydroxylation sites is 2. The van der Waals surface area contributed by atoms with Crippen molar-refractivity contribution >= 4 is 34.0 Å². The first kappa shape index (κ1) is 29.3. The third-order valence-corrected chi connectivity index (χ3v) is 10.2. The summed E-state index contributed by atoms with van der Waals surface area (Å²) < 4.78 is 4.59. The van der Waals surface area contributed by atoms with E-state index >= 15 is 0 Å². The molecule has 7 aromatic rings. The normalized spacial score (nSPS) is 14.5. The zero-order chi connectivity index (χ0) is 33.8. The molecule has 0 fully saturated rings. The number of benzene rings is 5. The Hall–Kier alpha value is -6.87. The molecule has 0 bridgehead atoms. The Morgan fingerprint density at radius 2 is 1.48 bits per heavy atom. The third-order valence-electron chi connectivity index (χ3n) is 10.2. The van der Waals surface area contributed by atoms with Gasteiger partial charge < -0.3 is 9.13 Å². The van der Waals surface area contributed by atoms with Crippen molar-refractivity contribution in [3.05, 3.63) is 155 Å². The summed E-state index contributed by atoms with van der Waals surface area (Å²) in [5.41, 5.74) is 13.6. The minimum atomic E-state index is -0.154. The van der Waals surface area contributed by atoms with E-state index in [1.807, 2.05) is 36.4 Å². The van der Waals surface area contributed by atoms with E-state index in [0.29, 0.717) is 17.5 Å². The van der Waals surface area contributed by atoms with E-state index in [-0.39, 0.29) is 5.92 Å². The number of hydrogen-bond donors (Lipinski definition) is 0. The topological polar surface area (TPSA) is 81.2 Å². The van der Waals surface area contributed by atoms with E-state index in [1.54, 1.807) is 0 Å². The van der Waals surface area contributed by atoms with Crippen LogP contribution in [-0.2, 0) is 12.8 Å². The molecule has 0 amide bonds. The van der Waals surface area contributed by atoms with Gasteiger partial charge in [-0.1, -0.05) is 85.0 Å². The van der Waals surface area contributed by atoms with Gasteiger partial charge in [-0.05, 0) is 84.5 Å². The van der Waals surface area contributed by atoms with Crippen molar-refractivity contribution in [3.63, 3.8) is 0 Å². The number of allylic oxidation sites excluding steroid dienone is 2. The Balaban J connectivity index is 1.29. The predicted molar refractivity (Wildman–Crippen MR) is 200 cm³/mol. The highest BCUT2D eigenvalue weighted by atomic mass is 15.0. The monoisotopic (exact) mass is 639 g/mol. The first-order valence-corrected chi connectivity index (χ1v) is 16.9. The molecule has 5 heteroatoms. The minimum Gasteiger partial charge on any atom is -0.312 e. The van der Waals surface area contributed by atoms with Crippen LogP contribution in [-0.4, -0.2) is 9.13 Å². The third kappa shape index (κ3) is 4.44. The molecule has 1 unspecified atom stereocenters. The maximum absolute atomic E-state index is 10.5. The smallest absolute Gasteiger partial charge is 0.0998 e. The molecule has 5 nitrogen and oxygen atoms in total. The van der Waals surface area contributed by atoms with Crippen molar-refractivity contribution in [2.24, 2.45) is 5.92 Å². The van der Waals surface area contributed by atoms with Gasteiger partial charge in [0.05, 0.1) is 52.0 Å². The Morgan fingerprint density at radius 3 is 2.30 bits per heavy atom. The molecule has 0 spiro atoms. The summed E-state index contributed by atoms with van der Waals surface area (Å²) in [7, 11) is 0. The summed E-state index contributed by atoms with van der Waals surface area (Å²) in [4.78, 5) is 0. The summed E-state index contributed by atoms with van der Waals surface area (Å²) in [6.07, 6.45) is 11.0. The van der Waals surface area contributed by atoms with Crippen molar-refractivity contribution in [1.82, 2.24) is 9.13 Å². The van der Waals surface area contributed by atoms with Crippen molar-refractivity contribution in [3.8, 4) is 51.8 Å². The number of fused-ring (bicyclic) bond motifs is 6. The number of rotatable bonds is 4. The van der Waals surface area contributed by atoms with Gasteiger partial charge in [0.2, 0.25) is 0 Å². The molecule has 0 N–H and O–H groups in total. The second kappa shape index (κ2) is 11.7. The maximum Gasteiger partial charge on any atom is 0.0998 e. The van der Waals surface area contributed by atoms with Crippen LogP contribution in [0.4, 0.5) is 0 Å². The molecule has 0 saturated carbocycles. The van der Waals surface area contributed by atoms with Crippen LogP contribution in [0, 0.1) is 39.9 Å². The zero-order valence-corrected chi connectivity index (χ0v) is 27.1. The fourth-order valence-corrected chi connectivity index (χ4v) is 8.02. The Labute approximate surface area is 290 Å². The largest absolute Gasteiger partial charge is 0.312 e. The van der Waals surface area contributed by atoms with Crippen molar-refractivity contribution < 1.29 is 0 Å². The van der Waals surface area contributed by atoms with Gasteiger partial charge in [0.15, 0.2) is 0 Å². The van der Waals surface area contributed by atoms with Crippen LogP contribution in [0.25, 0.3) is 67.6 Å². The van der Waals surface area contributed by atoms with Crippen molar-refractivity contribution in [1.29, 1.82) is 15.8 Å². The first-order chi connectivity index (χ1) is 24.7. The lowest BCUT2D eigenvalue weighted by molar-refractivity contribution is 0.809. The molecule has 2 aromatic heterocycles. The fourth-order valence-electron chi connectivity index (χ4n) is 8.02. The van der Waals surface area contributed by atoms with Gasteiger partial charge in [0.25, 0.3) is 0 Å². The van der Waals surface area contributed by atoms with Crippen LogP contribution >= 0.6 is 0 Å². The number of hydrogen-bond acceptors (Lipinski definition) is 3. The lowest BCUT2D eigenvalue weighted by atomic mass is 9.89. The van der Waals surface area contributed by atoms with Crippen LogP contribution < -0.4 is 0 Å². The Bertz CT molecular complexity index is 2730. The molecule has 234 valence electrons. The van der Waals surface area contributed by atoms with Gasteiger partial charge >= 0.3 is 0 Å². The number of nitriles is 3. The Kier molecular flexibility index (Phi) is 6.84. The highest BCUT2D eigenvalue weighted by Gasteiger charge is 2.25. The van der Waals surface area contributed by atoms with Crippen molar-refractivity contribution in [2.75, 3.05) is 0 Å². The van der Waals surface area contributed by atoms with Crippen LogP contribution in [0.2, 0.25) is 0 Å². The van der Waals surface area contributed by atoms with Crippen LogP contribution in [0.15, 0.2) is 121 Å². The summed E-state index contributed by atoms with van der Waals surface area (Å²) in [5.74, 6) is -0.154. The number of nitrogens with zero attached hydrogens (tertiary/aromatic N) is 5. The summed E-state index contributed by atoms with van der Waals surface area (Å²) >= 11 is 0. The quantitative estimate of drug-likeness (QED) is 0.192. The highest BCUT2D eigenvalue weighted by Crippen LogP contribution is 2.43. The second-order valence-electron chi connectivity index (χ2n) is 12.9. The van der Waals surface area contributed by atoms with Gasteiger partial charge in [-0.3, -0.25) is 0 Å². The fraction of sp³-hybridized carbons (Fsp3) is 0.0889. The molecule has 0 saturated heterocycles. The summed E-state index contributed by atoms with van der Waals surface area (Å²) in [6, 6.07) is 44.3. The van der Waals surface area contributed by atoms with Gasteiger partial charge in [-0.15, -0.1) is 0 Å². The molecule has 1 atom stereocenters. The van der Waals surface area contributed by atoms with Crippen LogP contribution in [0.5, 0.6) is 0 Å². The van der Waals surface area contributed by atoms with Gasteiger partial charge in [0.1, 0.15) is 0 Å². The standard InChI is InChI=1S/C45H29N5/c46-26-29-20-22-43-39(23-29)36-14-3-4-16-40(36)49(43)33-11-7-9-31(25-33)45-32(28-48)10-8-15-38(45)37-21-19-30(27-47)24-44(37)50-41-17-5-1-12-34(41)35-13-2-6-18-42(35)50/h1-5,7-17,19-22,24-25,29H,6,18,23H2. The molecular formula is C45H29N5. The second-order valence-corrected chi connectivity index (χ2v) is 12.9. The SMILES string of the molecule is N#Cc1ccc(-c2cccc(C#N)c2-c2cccc(-n3c4c(c5ccccc53)CC(C#N)C=C4)c2)c(-n2c3c(c4ccccc42)C=CCC3)c1. The van der Waals surface area contributed by atoms with E-state index in [0.717, 1.165) is 68.6 Å². The molecule has 0 radical (unpaired) electrons. The van der Waals surface area contributed by atoms with E-state index < -0.39 is 0 Å². The molecule has 2 aliphatic carbocycles. The highest BCUT2D eigenvalue weighted by molar-refractivity contribution is 5.97. The summed E-state index contributed by atoms with van der Waals surface area (Å²) in [5, 5.41) is 32.6. The predicted octanol–water partition coefficient (Wildman–Crippen LogP) is 10.3. The summed E-state index contributed by atoms with van der Waals surface area (Å²) in [6.45, 7) is 0. The van der Waals surface area contributed by atoms with Crippen molar-refractivity contribution in [2.45, 2.75) is 19.3 Å².